The number of carbonyl (C=O) groups excluding carboxylic acids is 1. The molecule has 12 heteroatoms. The highest BCUT2D eigenvalue weighted by atomic mass is 35.5. The largest absolute Gasteiger partial charge is 0.463 e. The summed E-state index contributed by atoms with van der Waals surface area (Å²) in [7, 11) is 0. The van der Waals surface area contributed by atoms with Crippen molar-refractivity contribution in [2.45, 2.75) is 38.4 Å². The second kappa shape index (κ2) is 10.5. The van der Waals surface area contributed by atoms with Crippen LogP contribution in [-0.4, -0.2) is 36.4 Å². The Morgan fingerprint density at radius 1 is 1.18 bits per heavy atom. The first-order valence-electron chi connectivity index (χ1n) is 12.1. The molecule has 0 unspecified atom stereocenters. The molecule has 7 nitrogen and oxygen atoms in total. The molecule has 3 aromatic rings. The Labute approximate surface area is 224 Å². The summed E-state index contributed by atoms with van der Waals surface area (Å²) in [6.45, 7) is 3.07. The Balaban J connectivity index is 1.68. The van der Waals surface area contributed by atoms with Gasteiger partial charge in [-0.2, -0.15) is 13.2 Å². The van der Waals surface area contributed by atoms with E-state index in [1.54, 1.807) is 6.07 Å². The van der Waals surface area contributed by atoms with Gasteiger partial charge in [0, 0.05) is 30.3 Å². The molecule has 0 amide bonds. The van der Waals surface area contributed by atoms with Gasteiger partial charge in [0.2, 0.25) is 0 Å². The number of thiazole rings is 1. The summed E-state index contributed by atoms with van der Waals surface area (Å²) in [5.74, 6) is -0.138. The van der Waals surface area contributed by atoms with Gasteiger partial charge in [-0.25, -0.2) is 9.79 Å². The van der Waals surface area contributed by atoms with Gasteiger partial charge in [0.15, 0.2) is 16.4 Å². The maximum atomic E-state index is 14.2. The summed E-state index contributed by atoms with van der Waals surface area (Å²) in [5.41, 5.74) is -2.50. The number of hydrogen-bond acceptors (Lipinski definition) is 7. The van der Waals surface area contributed by atoms with Crippen molar-refractivity contribution in [3.8, 4) is 0 Å². The fraction of sp³-hybridized carbons (Fsp3) is 0.346. The van der Waals surface area contributed by atoms with E-state index in [0.717, 1.165) is 48.3 Å². The van der Waals surface area contributed by atoms with Crippen LogP contribution in [-0.2, 0) is 9.53 Å². The van der Waals surface area contributed by atoms with Gasteiger partial charge >= 0.3 is 12.1 Å². The van der Waals surface area contributed by atoms with E-state index in [-0.39, 0.29) is 21.5 Å². The number of esters is 1. The summed E-state index contributed by atoms with van der Waals surface area (Å²) >= 11 is 6.79. The van der Waals surface area contributed by atoms with E-state index in [0.29, 0.717) is 16.7 Å². The van der Waals surface area contributed by atoms with E-state index >= 15 is 0 Å². The monoisotopic (exact) mass is 565 g/mol. The van der Waals surface area contributed by atoms with Gasteiger partial charge in [0.1, 0.15) is 5.76 Å². The highest BCUT2D eigenvalue weighted by Crippen LogP contribution is 2.38. The number of aromatic nitrogens is 1. The van der Waals surface area contributed by atoms with Crippen LogP contribution in [0.4, 0.5) is 19.1 Å². The number of anilines is 1. The molecule has 4 heterocycles. The Morgan fingerprint density at radius 2 is 1.89 bits per heavy atom. The topological polar surface area (TPSA) is 77.0 Å². The number of halogens is 4. The number of allylic oxidation sites excluding steroid dienone is 1. The minimum absolute atomic E-state index is 0.119. The van der Waals surface area contributed by atoms with Crippen molar-refractivity contribution in [3.63, 3.8) is 0 Å². The van der Waals surface area contributed by atoms with E-state index in [9.17, 15) is 22.8 Å². The molecule has 0 aliphatic carbocycles. The third-order valence-electron chi connectivity index (χ3n) is 6.33. The van der Waals surface area contributed by atoms with Gasteiger partial charge in [-0.1, -0.05) is 35.1 Å². The summed E-state index contributed by atoms with van der Waals surface area (Å²) in [6, 6.07) is 8.01. The first-order chi connectivity index (χ1) is 18.2. The van der Waals surface area contributed by atoms with E-state index in [2.05, 4.69) is 9.89 Å². The van der Waals surface area contributed by atoms with Crippen molar-refractivity contribution in [3.05, 3.63) is 83.7 Å². The Kier molecular flexibility index (Phi) is 7.23. The molecule has 0 spiro atoms. The first kappa shape index (κ1) is 26.3. The second-order valence-electron chi connectivity index (χ2n) is 8.84. The van der Waals surface area contributed by atoms with Crippen molar-refractivity contribution >= 4 is 40.9 Å². The molecular weight excluding hydrogens is 543 g/mol. The maximum Gasteiger partial charge on any atom is 0.434 e. The normalized spacial score (nSPS) is 18.4. The fourth-order valence-corrected chi connectivity index (χ4v) is 5.74. The van der Waals surface area contributed by atoms with E-state index < -0.39 is 35.0 Å². The predicted octanol–water partition coefficient (Wildman–Crippen LogP) is 4.58. The average molecular weight is 566 g/mol. The number of piperidine rings is 1. The lowest BCUT2D eigenvalue weighted by Gasteiger charge is -2.26. The third-order valence-corrected chi connectivity index (χ3v) is 7.57. The molecule has 1 aromatic carbocycles. The van der Waals surface area contributed by atoms with Crippen LogP contribution in [0.1, 0.15) is 43.6 Å². The SMILES string of the molecule is CCOC(=O)C1=C(C(F)(F)F)N=c2s/c(=C\c3ccc(N4CCCCC4)o3)c(=O)n2[C@@H]1c1ccc(Cl)cc1. The minimum Gasteiger partial charge on any atom is -0.463 e. The van der Waals surface area contributed by atoms with Gasteiger partial charge in [0.05, 0.1) is 22.8 Å². The summed E-state index contributed by atoms with van der Waals surface area (Å²) in [5, 5.41) is 0.348. The van der Waals surface area contributed by atoms with Crippen LogP contribution in [0.5, 0.6) is 0 Å². The van der Waals surface area contributed by atoms with Gasteiger partial charge in [-0.05, 0) is 49.9 Å². The zero-order valence-corrected chi connectivity index (χ0v) is 21.8. The van der Waals surface area contributed by atoms with Crippen LogP contribution in [0.2, 0.25) is 5.02 Å². The van der Waals surface area contributed by atoms with E-state index in [1.165, 1.54) is 37.3 Å². The molecule has 1 atom stereocenters. The molecule has 0 N–H and O–H groups in total. The standard InChI is InChI=1S/C26H23ClF3N3O4S/c1-2-36-24(35)20-21(15-6-8-16(27)9-7-15)33-23(34)18(38-25(33)31-22(20)26(28,29)30)14-17-10-11-19(37-17)32-12-4-3-5-13-32/h6-11,14,21H,2-5,12-13H2,1H3/b18-14-/t21-/m1/s1. The Bertz CT molecular complexity index is 1560. The lowest BCUT2D eigenvalue weighted by atomic mass is 9.95. The van der Waals surface area contributed by atoms with Crippen molar-refractivity contribution in [1.29, 1.82) is 0 Å². The molecule has 2 aliphatic heterocycles. The smallest absolute Gasteiger partial charge is 0.434 e. The molecule has 2 aliphatic rings. The van der Waals surface area contributed by atoms with Crippen LogP contribution in [0.25, 0.3) is 6.08 Å². The third kappa shape index (κ3) is 5.04. The first-order valence-corrected chi connectivity index (χ1v) is 13.3. The quantitative estimate of drug-likeness (QED) is 0.423. The number of carbonyl (C=O) groups is 1. The number of fused-ring (bicyclic) bond motifs is 1. The van der Waals surface area contributed by atoms with Crippen LogP contribution in [0, 0.1) is 0 Å². The van der Waals surface area contributed by atoms with Crippen molar-refractivity contribution in [2.75, 3.05) is 24.6 Å². The molecular formula is C26H23ClF3N3O4S. The Hall–Kier alpha value is -3.31. The number of benzene rings is 1. The van der Waals surface area contributed by atoms with Crippen molar-refractivity contribution in [1.82, 2.24) is 4.57 Å². The maximum absolute atomic E-state index is 14.2. The molecule has 1 fully saturated rings. The lowest BCUT2D eigenvalue weighted by Crippen LogP contribution is -2.41. The molecule has 38 heavy (non-hydrogen) atoms. The van der Waals surface area contributed by atoms with Gasteiger partial charge in [0.25, 0.3) is 5.56 Å². The molecule has 2 aromatic heterocycles. The molecule has 5 rings (SSSR count). The molecule has 0 radical (unpaired) electrons. The minimum atomic E-state index is -4.97. The number of furan rings is 1. The van der Waals surface area contributed by atoms with Crippen molar-refractivity contribution in [2.24, 2.45) is 4.99 Å². The number of rotatable bonds is 5. The average Bonchev–Trinajstić information content (AvgIpc) is 3.48. The van der Waals surface area contributed by atoms with Gasteiger partial charge in [-0.15, -0.1) is 0 Å². The summed E-state index contributed by atoms with van der Waals surface area (Å²) in [4.78, 5) is 32.2. The van der Waals surface area contributed by atoms with Crippen LogP contribution < -0.4 is 19.8 Å². The second-order valence-corrected chi connectivity index (χ2v) is 10.3. The zero-order chi connectivity index (χ0) is 27.0. The molecule has 1 saturated heterocycles. The fourth-order valence-electron chi connectivity index (χ4n) is 4.63. The number of alkyl halides is 3. The number of hydrogen-bond donors (Lipinski definition) is 0. The molecule has 0 saturated carbocycles. The molecule has 0 bridgehead atoms. The predicted molar refractivity (Wildman–Crippen MR) is 137 cm³/mol. The van der Waals surface area contributed by atoms with E-state index in [4.69, 9.17) is 20.8 Å². The highest BCUT2D eigenvalue weighted by Gasteiger charge is 2.45. The van der Waals surface area contributed by atoms with Crippen molar-refractivity contribution < 1.29 is 27.1 Å². The van der Waals surface area contributed by atoms with Crippen LogP contribution in [0.15, 0.2) is 61.9 Å². The Morgan fingerprint density at radius 3 is 2.55 bits per heavy atom. The van der Waals surface area contributed by atoms with Crippen LogP contribution >= 0.6 is 22.9 Å². The van der Waals surface area contributed by atoms with Gasteiger partial charge < -0.3 is 14.1 Å². The number of ether oxygens (including phenoxy) is 1. The number of nitrogens with zero attached hydrogens (tertiary/aromatic N) is 3. The highest BCUT2D eigenvalue weighted by molar-refractivity contribution is 7.07. The molecule has 200 valence electrons. The van der Waals surface area contributed by atoms with Gasteiger partial charge in [-0.3, -0.25) is 9.36 Å². The summed E-state index contributed by atoms with van der Waals surface area (Å²) in [6.07, 6.45) is -0.204. The zero-order valence-electron chi connectivity index (χ0n) is 20.3. The van der Waals surface area contributed by atoms with E-state index in [1.807, 2.05) is 6.07 Å². The lowest BCUT2D eigenvalue weighted by molar-refractivity contribution is -0.140. The van der Waals surface area contributed by atoms with Crippen LogP contribution in [0.3, 0.4) is 0 Å². The summed E-state index contributed by atoms with van der Waals surface area (Å²) < 4.78 is 54.7.